The zero-order chi connectivity index (χ0) is 17.3. The summed E-state index contributed by atoms with van der Waals surface area (Å²) in [6.45, 7) is 4.78. The van der Waals surface area contributed by atoms with Crippen LogP contribution in [0.1, 0.15) is 19.8 Å². The molecule has 1 amide bonds. The van der Waals surface area contributed by atoms with Gasteiger partial charge in [0.2, 0.25) is 0 Å². The second-order valence-corrected chi connectivity index (χ2v) is 9.62. The van der Waals surface area contributed by atoms with Gasteiger partial charge in [0, 0.05) is 6.26 Å². The summed E-state index contributed by atoms with van der Waals surface area (Å²) in [5, 5.41) is 3.37. The lowest BCUT2D eigenvalue weighted by atomic mass is 9.99. The number of thiazole rings is 1. The number of likely N-dealkylation sites (tertiary alicyclic amines) is 1. The van der Waals surface area contributed by atoms with Crippen LogP contribution < -0.4 is 10.2 Å². The van der Waals surface area contributed by atoms with Crippen LogP contribution in [0.4, 0.5) is 5.13 Å². The largest absolute Gasteiger partial charge is 0.327 e. The summed E-state index contributed by atoms with van der Waals surface area (Å²) in [5.74, 6) is 0.715. The summed E-state index contributed by atoms with van der Waals surface area (Å²) in [5.41, 5.74) is 0.696. The fourth-order valence-corrected chi connectivity index (χ4v) is 4.57. The Labute approximate surface area is 145 Å². The van der Waals surface area contributed by atoms with E-state index in [1.807, 2.05) is 0 Å². The number of sulfone groups is 1. The van der Waals surface area contributed by atoms with E-state index < -0.39 is 9.84 Å². The fourth-order valence-electron chi connectivity index (χ4n) is 2.93. The van der Waals surface area contributed by atoms with Crippen LogP contribution in [0.25, 0.3) is 10.2 Å². The molecule has 2 heterocycles. The Morgan fingerprint density at radius 3 is 2.75 bits per heavy atom. The third-order valence-corrected chi connectivity index (χ3v) is 6.47. The average molecular weight is 369 g/mol. The summed E-state index contributed by atoms with van der Waals surface area (Å²) >= 11 is 1.30. The van der Waals surface area contributed by atoms with Crippen molar-refractivity contribution in [2.24, 2.45) is 5.92 Å². The number of fused-ring (bicyclic) bond motifs is 1. The van der Waals surface area contributed by atoms with Crippen LogP contribution in [-0.2, 0) is 14.6 Å². The maximum atomic E-state index is 12.2. The lowest BCUT2D eigenvalue weighted by Crippen LogP contribution is -3.14. The van der Waals surface area contributed by atoms with E-state index in [-0.39, 0.29) is 10.8 Å². The van der Waals surface area contributed by atoms with Crippen LogP contribution in [0.15, 0.2) is 23.1 Å². The number of piperidine rings is 1. The van der Waals surface area contributed by atoms with Crippen LogP contribution >= 0.6 is 11.3 Å². The highest BCUT2D eigenvalue weighted by Crippen LogP contribution is 2.28. The molecule has 8 heteroatoms. The van der Waals surface area contributed by atoms with Crippen LogP contribution in [-0.4, -0.2) is 45.2 Å². The molecule has 130 valence electrons. The number of hydrogen-bond donors (Lipinski definition) is 2. The van der Waals surface area contributed by atoms with Crippen molar-refractivity contribution in [2.75, 3.05) is 31.2 Å². The highest BCUT2D eigenvalue weighted by molar-refractivity contribution is 7.90. The maximum absolute atomic E-state index is 12.2. The van der Waals surface area contributed by atoms with Crippen LogP contribution in [0.2, 0.25) is 0 Å². The molecule has 1 saturated heterocycles. The smallest absolute Gasteiger partial charge is 0.281 e. The number of nitrogens with zero attached hydrogens (tertiary/aromatic N) is 1. The van der Waals surface area contributed by atoms with Crippen molar-refractivity contribution in [1.82, 2.24) is 4.98 Å². The first kappa shape index (κ1) is 17.3. The predicted octanol–water partition coefficient (Wildman–Crippen LogP) is 0.953. The molecule has 0 radical (unpaired) electrons. The van der Waals surface area contributed by atoms with Gasteiger partial charge in [-0.2, -0.15) is 0 Å². The minimum Gasteiger partial charge on any atom is -0.327 e. The predicted molar refractivity (Wildman–Crippen MR) is 95.3 cm³/mol. The summed E-state index contributed by atoms with van der Waals surface area (Å²) in [6.07, 6.45) is 3.51. The molecule has 24 heavy (non-hydrogen) atoms. The van der Waals surface area contributed by atoms with E-state index in [1.54, 1.807) is 18.2 Å². The van der Waals surface area contributed by atoms with Gasteiger partial charge >= 0.3 is 0 Å². The topological polar surface area (TPSA) is 80.6 Å². The Morgan fingerprint density at radius 2 is 2.08 bits per heavy atom. The molecule has 1 aromatic heterocycles. The third-order valence-electron chi connectivity index (χ3n) is 4.43. The fraction of sp³-hybridized carbons (Fsp3) is 0.500. The molecule has 0 spiro atoms. The summed E-state index contributed by atoms with van der Waals surface area (Å²) in [6, 6.07) is 4.83. The van der Waals surface area contributed by atoms with Gasteiger partial charge in [0.1, 0.15) is 0 Å². The molecule has 6 nitrogen and oxygen atoms in total. The Hall–Kier alpha value is -1.51. The van der Waals surface area contributed by atoms with Gasteiger partial charge in [-0.15, -0.1) is 0 Å². The molecule has 0 bridgehead atoms. The van der Waals surface area contributed by atoms with Crippen molar-refractivity contribution in [3.63, 3.8) is 0 Å². The third kappa shape index (κ3) is 4.12. The Balaban J connectivity index is 1.67. The van der Waals surface area contributed by atoms with E-state index in [2.05, 4.69) is 17.2 Å². The second kappa shape index (κ2) is 6.78. The first-order valence-electron chi connectivity index (χ1n) is 8.05. The maximum Gasteiger partial charge on any atom is 0.281 e. The number of quaternary nitrogens is 1. The Kier molecular flexibility index (Phi) is 4.89. The van der Waals surface area contributed by atoms with E-state index in [0.29, 0.717) is 17.2 Å². The zero-order valence-electron chi connectivity index (χ0n) is 13.8. The van der Waals surface area contributed by atoms with Crippen molar-refractivity contribution >= 4 is 42.4 Å². The minimum absolute atomic E-state index is 0.0399. The molecule has 1 aliphatic rings. The molecule has 0 aliphatic carbocycles. The summed E-state index contributed by atoms with van der Waals surface area (Å²) in [4.78, 5) is 18.1. The van der Waals surface area contributed by atoms with Gasteiger partial charge in [-0.05, 0) is 37.0 Å². The second-order valence-electron chi connectivity index (χ2n) is 6.58. The molecule has 2 aromatic rings. The number of aromatic nitrogens is 1. The van der Waals surface area contributed by atoms with Gasteiger partial charge < -0.3 is 4.90 Å². The molecule has 0 saturated carbocycles. The van der Waals surface area contributed by atoms with Crippen molar-refractivity contribution in [3.05, 3.63) is 18.2 Å². The highest BCUT2D eigenvalue weighted by Gasteiger charge is 2.22. The molecular formula is C16H22N3O3S2+. The number of anilines is 1. The Morgan fingerprint density at radius 1 is 1.38 bits per heavy atom. The van der Waals surface area contributed by atoms with Gasteiger partial charge in [0.25, 0.3) is 5.91 Å². The summed E-state index contributed by atoms with van der Waals surface area (Å²) < 4.78 is 24.0. The van der Waals surface area contributed by atoms with Crippen molar-refractivity contribution in [3.8, 4) is 0 Å². The van der Waals surface area contributed by atoms with Gasteiger partial charge in [-0.25, -0.2) is 13.4 Å². The van der Waals surface area contributed by atoms with Crippen molar-refractivity contribution < 1.29 is 18.1 Å². The number of nitrogens with one attached hydrogen (secondary N) is 2. The van der Waals surface area contributed by atoms with E-state index in [9.17, 15) is 13.2 Å². The van der Waals surface area contributed by atoms with Crippen LogP contribution in [0.5, 0.6) is 0 Å². The molecule has 3 rings (SSSR count). The van der Waals surface area contributed by atoms with Crippen molar-refractivity contribution in [1.29, 1.82) is 0 Å². The molecule has 1 aliphatic heterocycles. The van der Waals surface area contributed by atoms with Crippen LogP contribution in [0.3, 0.4) is 0 Å². The summed E-state index contributed by atoms with van der Waals surface area (Å²) in [7, 11) is -3.24. The van der Waals surface area contributed by atoms with Gasteiger partial charge in [-0.3, -0.25) is 10.1 Å². The molecule has 0 atom stereocenters. The minimum atomic E-state index is -3.24. The van der Waals surface area contributed by atoms with Gasteiger partial charge in [-0.1, -0.05) is 18.3 Å². The lowest BCUT2D eigenvalue weighted by Gasteiger charge is -2.26. The molecule has 2 N–H and O–H groups in total. The number of hydrogen-bond acceptors (Lipinski definition) is 5. The molecule has 1 fully saturated rings. The van der Waals surface area contributed by atoms with E-state index in [0.717, 1.165) is 36.5 Å². The van der Waals surface area contributed by atoms with Gasteiger partial charge in [0.15, 0.2) is 21.5 Å². The highest BCUT2D eigenvalue weighted by atomic mass is 32.2. The number of carbonyl (C=O) groups is 1. The Bertz CT molecular complexity index is 853. The molecule has 0 unspecified atom stereocenters. The number of amides is 1. The van der Waals surface area contributed by atoms with E-state index in [1.165, 1.54) is 22.5 Å². The standard InChI is InChI=1S/C16H21N3O3S2/c1-11-5-7-19(8-6-11)10-15(20)18-16-17-13-4-3-12(24(2,21)22)9-14(13)23-16/h3-4,9,11H,5-8,10H2,1-2H3,(H,17,18,20)/p+1. The van der Waals surface area contributed by atoms with E-state index in [4.69, 9.17) is 0 Å². The quantitative estimate of drug-likeness (QED) is 0.842. The average Bonchev–Trinajstić information content (AvgIpc) is 2.89. The first-order chi connectivity index (χ1) is 11.3. The SMILES string of the molecule is CC1CC[NH+](CC(=O)Nc2nc3ccc(S(C)(=O)=O)cc3s2)CC1. The molecule has 1 aromatic carbocycles. The number of rotatable bonds is 4. The lowest BCUT2D eigenvalue weighted by molar-refractivity contribution is -0.897. The normalized spacial score (nSPS) is 21.8. The van der Waals surface area contributed by atoms with Crippen molar-refractivity contribution in [2.45, 2.75) is 24.7 Å². The first-order valence-corrected chi connectivity index (χ1v) is 10.8. The van der Waals surface area contributed by atoms with Gasteiger partial charge in [0.05, 0.1) is 28.2 Å². The molecular weight excluding hydrogens is 346 g/mol. The number of benzene rings is 1. The van der Waals surface area contributed by atoms with E-state index >= 15 is 0 Å². The zero-order valence-corrected chi connectivity index (χ0v) is 15.5. The number of carbonyl (C=O) groups excluding carboxylic acids is 1. The monoisotopic (exact) mass is 368 g/mol. The van der Waals surface area contributed by atoms with Crippen LogP contribution in [0, 0.1) is 5.92 Å².